The number of para-hydroxylation sites is 2. The minimum Gasteiger partial charge on any atom is -0.495 e. The number of rotatable bonds is 4. The molecule has 1 aromatic heterocycles. The van der Waals surface area contributed by atoms with Crippen LogP contribution in [0.5, 0.6) is 5.75 Å². The van der Waals surface area contributed by atoms with Crippen LogP contribution < -0.4 is 15.0 Å². The van der Waals surface area contributed by atoms with Crippen LogP contribution >= 0.6 is 0 Å². The standard InChI is InChI=1S/C15H17N3O2/c1-18(2)14-10-6-8-12(16-14)15(19)17-11-7-4-5-9-13(11)20-3/h4-10H,1-3H3,(H,17,19). The maximum absolute atomic E-state index is 12.2. The fraction of sp³-hybridized carbons (Fsp3) is 0.200. The predicted molar refractivity (Wildman–Crippen MR) is 79.5 cm³/mol. The molecule has 0 atom stereocenters. The minimum atomic E-state index is -0.266. The Morgan fingerprint density at radius 1 is 1.15 bits per heavy atom. The van der Waals surface area contributed by atoms with E-state index in [-0.39, 0.29) is 5.91 Å². The van der Waals surface area contributed by atoms with Gasteiger partial charge < -0.3 is 15.0 Å². The maximum Gasteiger partial charge on any atom is 0.274 e. The molecule has 2 rings (SSSR count). The second-order valence-corrected chi connectivity index (χ2v) is 4.43. The van der Waals surface area contributed by atoms with E-state index in [1.165, 1.54) is 0 Å². The van der Waals surface area contributed by atoms with E-state index < -0.39 is 0 Å². The predicted octanol–water partition coefficient (Wildman–Crippen LogP) is 2.41. The van der Waals surface area contributed by atoms with Crippen LogP contribution in [-0.4, -0.2) is 32.1 Å². The summed E-state index contributed by atoms with van der Waals surface area (Å²) in [6.07, 6.45) is 0. The quantitative estimate of drug-likeness (QED) is 0.927. The van der Waals surface area contributed by atoms with Gasteiger partial charge >= 0.3 is 0 Å². The van der Waals surface area contributed by atoms with Gasteiger partial charge in [-0.05, 0) is 24.3 Å². The molecular weight excluding hydrogens is 254 g/mol. The number of carbonyl (C=O) groups is 1. The lowest BCUT2D eigenvalue weighted by Crippen LogP contribution is -2.17. The van der Waals surface area contributed by atoms with E-state index in [2.05, 4.69) is 10.3 Å². The molecule has 0 radical (unpaired) electrons. The zero-order chi connectivity index (χ0) is 14.5. The van der Waals surface area contributed by atoms with Crippen molar-refractivity contribution >= 4 is 17.4 Å². The number of nitrogens with zero attached hydrogens (tertiary/aromatic N) is 2. The van der Waals surface area contributed by atoms with Crippen molar-refractivity contribution in [2.45, 2.75) is 0 Å². The molecule has 0 fully saturated rings. The van der Waals surface area contributed by atoms with Gasteiger partial charge in [-0.2, -0.15) is 0 Å². The molecule has 0 saturated heterocycles. The number of anilines is 2. The first-order chi connectivity index (χ1) is 9.61. The average molecular weight is 271 g/mol. The third-order valence-electron chi connectivity index (χ3n) is 2.78. The van der Waals surface area contributed by atoms with Gasteiger partial charge in [-0.15, -0.1) is 0 Å². The molecule has 5 heteroatoms. The Kier molecular flexibility index (Phi) is 4.20. The normalized spacial score (nSPS) is 9.95. The number of nitrogens with one attached hydrogen (secondary N) is 1. The third-order valence-corrected chi connectivity index (χ3v) is 2.78. The van der Waals surface area contributed by atoms with Crippen molar-refractivity contribution in [1.29, 1.82) is 0 Å². The molecule has 2 aromatic rings. The van der Waals surface area contributed by atoms with Gasteiger partial charge in [0.1, 0.15) is 17.3 Å². The number of pyridine rings is 1. The van der Waals surface area contributed by atoms with E-state index in [1.54, 1.807) is 31.4 Å². The summed E-state index contributed by atoms with van der Waals surface area (Å²) in [5, 5.41) is 2.80. The number of ether oxygens (including phenoxy) is 1. The SMILES string of the molecule is COc1ccccc1NC(=O)c1cccc(N(C)C)n1. The summed E-state index contributed by atoms with van der Waals surface area (Å²) in [4.78, 5) is 18.4. The Morgan fingerprint density at radius 3 is 2.60 bits per heavy atom. The number of methoxy groups -OCH3 is 1. The summed E-state index contributed by atoms with van der Waals surface area (Å²) in [6.45, 7) is 0. The highest BCUT2D eigenvalue weighted by Gasteiger charge is 2.11. The Balaban J connectivity index is 2.22. The lowest BCUT2D eigenvalue weighted by Gasteiger charge is -2.13. The molecule has 104 valence electrons. The van der Waals surface area contributed by atoms with Gasteiger partial charge in [0.25, 0.3) is 5.91 Å². The van der Waals surface area contributed by atoms with Gasteiger partial charge in [0.05, 0.1) is 12.8 Å². The number of aromatic nitrogens is 1. The molecule has 0 saturated carbocycles. The minimum absolute atomic E-state index is 0.266. The molecule has 0 unspecified atom stereocenters. The first-order valence-electron chi connectivity index (χ1n) is 6.20. The molecule has 5 nitrogen and oxygen atoms in total. The topological polar surface area (TPSA) is 54.5 Å². The van der Waals surface area contributed by atoms with Gasteiger partial charge in [-0.1, -0.05) is 18.2 Å². The van der Waals surface area contributed by atoms with Crippen LogP contribution in [0.15, 0.2) is 42.5 Å². The van der Waals surface area contributed by atoms with Crippen LogP contribution in [0.25, 0.3) is 0 Å². The molecule has 1 aromatic carbocycles. The Bertz CT molecular complexity index is 612. The van der Waals surface area contributed by atoms with E-state index in [0.717, 1.165) is 5.82 Å². The summed E-state index contributed by atoms with van der Waals surface area (Å²) >= 11 is 0. The lowest BCUT2D eigenvalue weighted by molar-refractivity contribution is 0.102. The molecule has 20 heavy (non-hydrogen) atoms. The van der Waals surface area contributed by atoms with Crippen LogP contribution in [0.4, 0.5) is 11.5 Å². The van der Waals surface area contributed by atoms with Crippen molar-refractivity contribution in [3.63, 3.8) is 0 Å². The molecule has 0 aliphatic carbocycles. The number of amides is 1. The Labute approximate surface area is 118 Å². The van der Waals surface area contributed by atoms with E-state index in [1.807, 2.05) is 37.2 Å². The zero-order valence-corrected chi connectivity index (χ0v) is 11.8. The molecule has 1 amide bonds. The first kappa shape index (κ1) is 13.9. The lowest BCUT2D eigenvalue weighted by atomic mass is 10.2. The highest BCUT2D eigenvalue weighted by Crippen LogP contribution is 2.23. The summed E-state index contributed by atoms with van der Waals surface area (Å²) < 4.78 is 5.20. The second kappa shape index (κ2) is 6.06. The highest BCUT2D eigenvalue weighted by molar-refractivity contribution is 6.03. The number of carbonyl (C=O) groups excluding carboxylic acids is 1. The molecular formula is C15H17N3O2. The molecule has 0 spiro atoms. The maximum atomic E-state index is 12.2. The largest absolute Gasteiger partial charge is 0.495 e. The molecule has 0 aliphatic rings. The van der Waals surface area contributed by atoms with E-state index >= 15 is 0 Å². The molecule has 0 aliphatic heterocycles. The molecule has 0 bridgehead atoms. The van der Waals surface area contributed by atoms with Crippen molar-refractivity contribution in [2.24, 2.45) is 0 Å². The number of benzene rings is 1. The average Bonchev–Trinajstić information content (AvgIpc) is 2.48. The first-order valence-corrected chi connectivity index (χ1v) is 6.20. The Hall–Kier alpha value is -2.56. The van der Waals surface area contributed by atoms with E-state index in [0.29, 0.717) is 17.1 Å². The van der Waals surface area contributed by atoms with Crippen molar-refractivity contribution in [2.75, 3.05) is 31.4 Å². The summed E-state index contributed by atoms with van der Waals surface area (Å²) in [6, 6.07) is 12.6. The van der Waals surface area contributed by atoms with E-state index in [9.17, 15) is 4.79 Å². The van der Waals surface area contributed by atoms with Crippen molar-refractivity contribution < 1.29 is 9.53 Å². The van der Waals surface area contributed by atoms with Crippen molar-refractivity contribution in [3.05, 3.63) is 48.2 Å². The monoisotopic (exact) mass is 271 g/mol. The number of hydrogen-bond acceptors (Lipinski definition) is 4. The highest BCUT2D eigenvalue weighted by atomic mass is 16.5. The van der Waals surface area contributed by atoms with Gasteiger partial charge in [0, 0.05) is 14.1 Å². The van der Waals surface area contributed by atoms with Gasteiger partial charge in [-0.25, -0.2) is 4.98 Å². The van der Waals surface area contributed by atoms with Crippen LogP contribution in [0.2, 0.25) is 0 Å². The van der Waals surface area contributed by atoms with Crippen LogP contribution in [0.1, 0.15) is 10.5 Å². The van der Waals surface area contributed by atoms with Crippen molar-refractivity contribution in [1.82, 2.24) is 4.98 Å². The molecule has 1 heterocycles. The van der Waals surface area contributed by atoms with Crippen LogP contribution in [0.3, 0.4) is 0 Å². The Morgan fingerprint density at radius 2 is 1.90 bits per heavy atom. The molecule has 1 N–H and O–H groups in total. The smallest absolute Gasteiger partial charge is 0.274 e. The van der Waals surface area contributed by atoms with Gasteiger partial charge in [0.15, 0.2) is 0 Å². The fourth-order valence-electron chi connectivity index (χ4n) is 1.73. The second-order valence-electron chi connectivity index (χ2n) is 4.43. The third kappa shape index (κ3) is 3.06. The fourth-order valence-corrected chi connectivity index (χ4v) is 1.73. The zero-order valence-electron chi connectivity index (χ0n) is 11.8. The van der Waals surface area contributed by atoms with Crippen LogP contribution in [0, 0.1) is 0 Å². The van der Waals surface area contributed by atoms with Gasteiger partial charge in [0.2, 0.25) is 0 Å². The summed E-state index contributed by atoms with van der Waals surface area (Å²) in [7, 11) is 5.32. The number of hydrogen-bond donors (Lipinski definition) is 1. The summed E-state index contributed by atoms with van der Waals surface area (Å²) in [5.74, 6) is 1.08. The summed E-state index contributed by atoms with van der Waals surface area (Å²) in [5.41, 5.74) is 0.985. The van der Waals surface area contributed by atoms with Gasteiger partial charge in [-0.3, -0.25) is 4.79 Å². The van der Waals surface area contributed by atoms with E-state index in [4.69, 9.17) is 4.74 Å². The van der Waals surface area contributed by atoms with Crippen LogP contribution in [-0.2, 0) is 0 Å². The van der Waals surface area contributed by atoms with Crippen molar-refractivity contribution in [3.8, 4) is 5.75 Å².